The van der Waals surface area contributed by atoms with Gasteiger partial charge in [0.1, 0.15) is 0 Å². The number of ether oxygens (including phenoxy) is 1. The van der Waals surface area contributed by atoms with Crippen molar-refractivity contribution < 1.29 is 4.74 Å². The van der Waals surface area contributed by atoms with Gasteiger partial charge in [-0.2, -0.15) is 0 Å². The second kappa shape index (κ2) is 4.73. The normalized spacial score (nSPS) is 21.3. The van der Waals surface area contributed by atoms with Crippen LogP contribution in [-0.2, 0) is 4.74 Å². The molecule has 11 heavy (non-hydrogen) atoms. The molecule has 66 valence electrons. The van der Waals surface area contributed by atoms with Gasteiger partial charge in [-0.05, 0) is 31.3 Å². The molecule has 0 radical (unpaired) electrons. The maximum Gasteiger partial charge on any atom is 0.0465 e. The maximum absolute atomic E-state index is 5.07. The molecule has 1 fully saturated rings. The lowest BCUT2D eigenvalue weighted by Crippen LogP contribution is -2.46. The summed E-state index contributed by atoms with van der Waals surface area (Å²) < 4.78 is 5.07. The Morgan fingerprint density at radius 1 is 1.55 bits per heavy atom. The molecule has 1 heterocycles. The lowest BCUT2D eigenvalue weighted by molar-refractivity contribution is 0.139. The van der Waals surface area contributed by atoms with E-state index in [-0.39, 0.29) is 0 Å². The van der Waals surface area contributed by atoms with Crippen molar-refractivity contribution in [2.24, 2.45) is 11.8 Å². The Morgan fingerprint density at radius 2 is 2.27 bits per heavy atom. The van der Waals surface area contributed by atoms with Crippen LogP contribution in [0.2, 0.25) is 0 Å². The molecule has 1 aliphatic rings. The summed E-state index contributed by atoms with van der Waals surface area (Å²) in [5.74, 6) is 1.81. The second-order valence-corrected chi connectivity index (χ2v) is 3.37. The van der Waals surface area contributed by atoms with Gasteiger partial charge < -0.3 is 10.1 Å². The van der Waals surface area contributed by atoms with E-state index in [0.717, 1.165) is 18.4 Å². The van der Waals surface area contributed by atoms with Crippen molar-refractivity contribution in [3.63, 3.8) is 0 Å². The molecule has 1 N–H and O–H groups in total. The van der Waals surface area contributed by atoms with Gasteiger partial charge in [0.2, 0.25) is 0 Å². The first kappa shape index (κ1) is 9.01. The SMILES string of the molecule is CCC(CCOC)C1CNC1. The summed E-state index contributed by atoms with van der Waals surface area (Å²) in [5, 5.41) is 3.31. The molecule has 0 aromatic carbocycles. The van der Waals surface area contributed by atoms with Crippen molar-refractivity contribution in [1.82, 2.24) is 5.32 Å². The molecule has 0 aliphatic carbocycles. The molecule has 0 aromatic heterocycles. The van der Waals surface area contributed by atoms with Crippen LogP contribution in [0.1, 0.15) is 19.8 Å². The second-order valence-electron chi connectivity index (χ2n) is 3.37. The highest BCUT2D eigenvalue weighted by atomic mass is 16.5. The predicted octanol–water partition coefficient (Wildman–Crippen LogP) is 1.27. The molecule has 0 bridgehead atoms. The standard InChI is InChI=1S/C9H19NO/c1-3-8(4-5-11-2)9-6-10-7-9/h8-10H,3-7H2,1-2H3. The fourth-order valence-electron chi connectivity index (χ4n) is 1.69. The van der Waals surface area contributed by atoms with Crippen LogP contribution in [0.15, 0.2) is 0 Å². The summed E-state index contributed by atoms with van der Waals surface area (Å²) in [6.07, 6.45) is 2.54. The Morgan fingerprint density at radius 3 is 2.64 bits per heavy atom. The van der Waals surface area contributed by atoms with E-state index in [4.69, 9.17) is 4.74 Å². The fraction of sp³-hybridized carbons (Fsp3) is 1.00. The molecule has 2 heteroatoms. The quantitative estimate of drug-likeness (QED) is 0.649. The van der Waals surface area contributed by atoms with Gasteiger partial charge in [-0.15, -0.1) is 0 Å². The highest BCUT2D eigenvalue weighted by molar-refractivity contribution is 4.80. The lowest BCUT2D eigenvalue weighted by atomic mass is 9.83. The molecule has 0 spiro atoms. The minimum atomic E-state index is 0.885. The average molecular weight is 157 g/mol. The Labute approximate surface area is 69.3 Å². The monoisotopic (exact) mass is 157 g/mol. The van der Waals surface area contributed by atoms with Crippen LogP contribution in [0.25, 0.3) is 0 Å². The van der Waals surface area contributed by atoms with E-state index in [0.29, 0.717) is 0 Å². The topological polar surface area (TPSA) is 21.3 Å². The first-order chi connectivity index (χ1) is 5.38. The van der Waals surface area contributed by atoms with E-state index in [1.165, 1.54) is 25.9 Å². The molecule has 1 atom stereocenters. The molecule has 1 unspecified atom stereocenters. The molecular formula is C9H19NO. The number of hydrogen-bond donors (Lipinski definition) is 1. The third-order valence-corrected chi connectivity index (χ3v) is 2.70. The molecule has 1 saturated heterocycles. The molecule has 2 nitrogen and oxygen atoms in total. The summed E-state index contributed by atoms with van der Waals surface area (Å²) in [6, 6.07) is 0. The number of rotatable bonds is 5. The van der Waals surface area contributed by atoms with E-state index >= 15 is 0 Å². The zero-order chi connectivity index (χ0) is 8.10. The Hall–Kier alpha value is -0.0800. The third-order valence-electron chi connectivity index (χ3n) is 2.70. The summed E-state index contributed by atoms with van der Waals surface area (Å²) >= 11 is 0. The first-order valence-electron chi connectivity index (χ1n) is 4.58. The van der Waals surface area contributed by atoms with E-state index in [1.54, 1.807) is 7.11 Å². The van der Waals surface area contributed by atoms with Gasteiger partial charge in [0.25, 0.3) is 0 Å². The molecule has 0 amide bonds. The van der Waals surface area contributed by atoms with Gasteiger partial charge in [0.15, 0.2) is 0 Å². The van der Waals surface area contributed by atoms with Gasteiger partial charge >= 0.3 is 0 Å². The van der Waals surface area contributed by atoms with Gasteiger partial charge in [-0.3, -0.25) is 0 Å². The van der Waals surface area contributed by atoms with Crippen LogP contribution in [0.3, 0.4) is 0 Å². The summed E-state index contributed by atoms with van der Waals surface area (Å²) in [4.78, 5) is 0. The Balaban J connectivity index is 2.13. The largest absolute Gasteiger partial charge is 0.385 e. The highest BCUT2D eigenvalue weighted by Gasteiger charge is 2.24. The van der Waals surface area contributed by atoms with Crippen LogP contribution in [0, 0.1) is 11.8 Å². The maximum atomic E-state index is 5.07. The smallest absolute Gasteiger partial charge is 0.0465 e. The highest BCUT2D eigenvalue weighted by Crippen LogP contribution is 2.22. The fourth-order valence-corrected chi connectivity index (χ4v) is 1.69. The van der Waals surface area contributed by atoms with Gasteiger partial charge in [-0.1, -0.05) is 13.3 Å². The van der Waals surface area contributed by atoms with E-state index in [2.05, 4.69) is 12.2 Å². The van der Waals surface area contributed by atoms with Crippen LogP contribution in [-0.4, -0.2) is 26.8 Å². The van der Waals surface area contributed by atoms with Crippen LogP contribution in [0.5, 0.6) is 0 Å². The van der Waals surface area contributed by atoms with Gasteiger partial charge in [0.05, 0.1) is 0 Å². The average Bonchev–Trinajstić information content (AvgIpc) is 1.93. The summed E-state index contributed by atoms with van der Waals surface area (Å²) in [7, 11) is 1.78. The molecule has 1 aliphatic heterocycles. The predicted molar refractivity (Wildman–Crippen MR) is 46.6 cm³/mol. The van der Waals surface area contributed by atoms with Crippen molar-refractivity contribution >= 4 is 0 Å². The minimum absolute atomic E-state index is 0.885. The number of nitrogens with one attached hydrogen (secondary N) is 1. The zero-order valence-corrected chi connectivity index (χ0v) is 7.60. The van der Waals surface area contributed by atoms with Crippen molar-refractivity contribution in [1.29, 1.82) is 0 Å². The molecule has 0 saturated carbocycles. The van der Waals surface area contributed by atoms with Crippen LogP contribution >= 0.6 is 0 Å². The van der Waals surface area contributed by atoms with Crippen molar-refractivity contribution in [2.45, 2.75) is 19.8 Å². The molecular weight excluding hydrogens is 138 g/mol. The molecule has 0 aromatic rings. The lowest BCUT2D eigenvalue weighted by Gasteiger charge is -2.34. The van der Waals surface area contributed by atoms with Crippen molar-refractivity contribution in [3.05, 3.63) is 0 Å². The van der Waals surface area contributed by atoms with E-state index in [1.807, 2.05) is 0 Å². The van der Waals surface area contributed by atoms with Gasteiger partial charge in [0, 0.05) is 13.7 Å². The van der Waals surface area contributed by atoms with Crippen LogP contribution < -0.4 is 5.32 Å². The Bertz CT molecular complexity index is 102. The van der Waals surface area contributed by atoms with Crippen molar-refractivity contribution in [2.75, 3.05) is 26.8 Å². The third kappa shape index (κ3) is 2.46. The Kier molecular flexibility index (Phi) is 3.87. The summed E-state index contributed by atoms with van der Waals surface area (Å²) in [6.45, 7) is 5.65. The van der Waals surface area contributed by atoms with Crippen molar-refractivity contribution in [3.8, 4) is 0 Å². The number of methoxy groups -OCH3 is 1. The van der Waals surface area contributed by atoms with E-state index in [9.17, 15) is 0 Å². The van der Waals surface area contributed by atoms with Crippen LogP contribution in [0.4, 0.5) is 0 Å². The summed E-state index contributed by atoms with van der Waals surface area (Å²) in [5.41, 5.74) is 0. The number of hydrogen-bond acceptors (Lipinski definition) is 2. The zero-order valence-electron chi connectivity index (χ0n) is 7.60. The van der Waals surface area contributed by atoms with Gasteiger partial charge in [-0.25, -0.2) is 0 Å². The minimum Gasteiger partial charge on any atom is -0.385 e. The molecule has 1 rings (SSSR count). The first-order valence-corrected chi connectivity index (χ1v) is 4.58. The van der Waals surface area contributed by atoms with E-state index < -0.39 is 0 Å².